The quantitative estimate of drug-likeness (QED) is 0.187. The maximum absolute atomic E-state index is 11.0. The summed E-state index contributed by atoms with van der Waals surface area (Å²) in [5.74, 6) is -0.187. The van der Waals surface area contributed by atoms with Crippen molar-refractivity contribution in [3.63, 3.8) is 0 Å². The van der Waals surface area contributed by atoms with Gasteiger partial charge in [-0.2, -0.15) is 22.7 Å². The molecule has 0 aliphatic rings. The molecule has 0 saturated heterocycles. The summed E-state index contributed by atoms with van der Waals surface area (Å²) in [7, 11) is 0. The van der Waals surface area contributed by atoms with Gasteiger partial charge in [0.15, 0.2) is 0 Å². The number of carboxylic acids is 1. The Hall–Kier alpha value is -3.45. The van der Waals surface area contributed by atoms with Crippen molar-refractivity contribution >= 4 is 50.1 Å². The molecular formula is C31H23BrO3S2. The molecule has 0 aliphatic carbocycles. The number of halogens is 1. The monoisotopic (exact) mass is 586 g/mol. The van der Waals surface area contributed by atoms with Crippen LogP contribution in [0.25, 0.3) is 27.8 Å². The van der Waals surface area contributed by atoms with E-state index < -0.39 is 5.97 Å². The standard InChI is InChI=1S/C31H23BrO3S2/c32-29-17-21(18-31(33)34)1-10-30(29)35-14-11-28(24-6-2-22(3-7-24)26-12-15-36-19-26)25-8-4-23(5-9-25)27-13-16-37-20-27/h1-13,15-17,19-20H,14,18H2,(H,33,34). The van der Waals surface area contributed by atoms with Crippen LogP contribution in [0.4, 0.5) is 0 Å². The van der Waals surface area contributed by atoms with Crippen molar-refractivity contribution in [2.45, 2.75) is 6.42 Å². The first-order valence-corrected chi connectivity index (χ1v) is 14.3. The molecule has 5 aromatic rings. The molecule has 0 radical (unpaired) electrons. The van der Waals surface area contributed by atoms with Crippen LogP contribution < -0.4 is 4.74 Å². The van der Waals surface area contributed by atoms with E-state index in [1.54, 1.807) is 40.9 Å². The molecule has 37 heavy (non-hydrogen) atoms. The number of benzene rings is 3. The van der Waals surface area contributed by atoms with Gasteiger partial charge < -0.3 is 9.84 Å². The Labute approximate surface area is 232 Å². The topological polar surface area (TPSA) is 46.5 Å². The highest BCUT2D eigenvalue weighted by Crippen LogP contribution is 2.31. The molecular weight excluding hydrogens is 564 g/mol. The lowest BCUT2D eigenvalue weighted by atomic mass is 9.94. The van der Waals surface area contributed by atoms with Gasteiger partial charge in [-0.05, 0) is 112 Å². The van der Waals surface area contributed by atoms with Crippen molar-refractivity contribution in [3.8, 4) is 28.0 Å². The molecule has 0 bridgehead atoms. The summed E-state index contributed by atoms with van der Waals surface area (Å²) >= 11 is 6.90. The fraction of sp³-hybridized carbons (Fsp3) is 0.0645. The van der Waals surface area contributed by atoms with Crippen LogP contribution in [-0.2, 0) is 11.2 Å². The summed E-state index contributed by atoms with van der Waals surface area (Å²) in [4.78, 5) is 11.0. The highest BCUT2D eigenvalue weighted by Gasteiger charge is 2.09. The van der Waals surface area contributed by atoms with Crippen LogP contribution in [0.3, 0.4) is 0 Å². The lowest BCUT2D eigenvalue weighted by molar-refractivity contribution is -0.136. The molecule has 3 aromatic carbocycles. The lowest BCUT2D eigenvalue weighted by Crippen LogP contribution is -2.01. The van der Waals surface area contributed by atoms with E-state index in [9.17, 15) is 4.79 Å². The predicted octanol–water partition coefficient (Wildman–Crippen LogP) is 9.04. The highest BCUT2D eigenvalue weighted by molar-refractivity contribution is 9.10. The van der Waals surface area contributed by atoms with Gasteiger partial charge in [-0.1, -0.05) is 54.6 Å². The Morgan fingerprint density at radius 3 is 1.81 bits per heavy atom. The van der Waals surface area contributed by atoms with Crippen LogP contribution in [0, 0.1) is 0 Å². The maximum atomic E-state index is 11.0. The molecule has 6 heteroatoms. The van der Waals surface area contributed by atoms with Crippen molar-refractivity contribution in [1.29, 1.82) is 0 Å². The van der Waals surface area contributed by atoms with Gasteiger partial charge >= 0.3 is 5.97 Å². The van der Waals surface area contributed by atoms with Crippen molar-refractivity contribution in [3.05, 3.63) is 128 Å². The summed E-state index contributed by atoms with van der Waals surface area (Å²) in [6.45, 7) is 0.366. The van der Waals surface area contributed by atoms with E-state index in [1.165, 1.54) is 22.3 Å². The van der Waals surface area contributed by atoms with Crippen molar-refractivity contribution in [1.82, 2.24) is 0 Å². The van der Waals surface area contributed by atoms with Crippen LogP contribution in [0.2, 0.25) is 0 Å². The molecule has 0 saturated carbocycles. The number of ether oxygens (including phenoxy) is 1. The zero-order valence-corrected chi connectivity index (χ0v) is 23.0. The molecule has 0 fully saturated rings. The number of aliphatic carboxylic acids is 1. The Bertz CT molecular complexity index is 1420. The number of hydrogen-bond donors (Lipinski definition) is 1. The second kappa shape index (κ2) is 11.7. The third-order valence-electron chi connectivity index (χ3n) is 5.98. The number of hydrogen-bond acceptors (Lipinski definition) is 4. The first kappa shape index (κ1) is 25.2. The SMILES string of the molecule is O=C(O)Cc1ccc(OCC=C(c2ccc(-c3ccsc3)cc2)c2ccc(-c3ccsc3)cc2)c(Br)c1. The average Bonchev–Trinajstić information content (AvgIpc) is 3.63. The highest BCUT2D eigenvalue weighted by atomic mass is 79.9. The van der Waals surface area contributed by atoms with Crippen molar-refractivity contribution < 1.29 is 14.6 Å². The molecule has 0 aliphatic heterocycles. The van der Waals surface area contributed by atoms with Crippen molar-refractivity contribution in [2.24, 2.45) is 0 Å². The molecule has 1 N–H and O–H groups in total. The zero-order valence-electron chi connectivity index (χ0n) is 19.8. The van der Waals surface area contributed by atoms with Gasteiger partial charge in [0.05, 0.1) is 10.9 Å². The molecule has 0 unspecified atom stereocenters. The minimum absolute atomic E-state index is 0.0221. The van der Waals surface area contributed by atoms with Gasteiger partial charge in [-0.25, -0.2) is 0 Å². The first-order valence-electron chi connectivity index (χ1n) is 11.7. The molecule has 2 aromatic heterocycles. The molecule has 0 spiro atoms. The summed E-state index contributed by atoms with van der Waals surface area (Å²) in [5, 5.41) is 17.5. The fourth-order valence-electron chi connectivity index (χ4n) is 4.11. The summed E-state index contributed by atoms with van der Waals surface area (Å²) in [5.41, 5.74) is 8.87. The Kier molecular flexibility index (Phi) is 7.99. The zero-order chi connectivity index (χ0) is 25.6. The Balaban J connectivity index is 1.41. The maximum Gasteiger partial charge on any atom is 0.307 e. The van der Waals surface area contributed by atoms with E-state index in [2.05, 4.69) is 104 Å². The molecule has 3 nitrogen and oxygen atoms in total. The molecule has 2 heterocycles. The Morgan fingerprint density at radius 1 is 0.784 bits per heavy atom. The van der Waals surface area contributed by atoms with Gasteiger partial charge in [-0.3, -0.25) is 4.79 Å². The van der Waals surface area contributed by atoms with Crippen LogP contribution in [0.5, 0.6) is 5.75 Å². The van der Waals surface area contributed by atoms with Gasteiger partial charge in [0.25, 0.3) is 0 Å². The molecule has 5 rings (SSSR count). The first-order chi connectivity index (χ1) is 18.1. The number of carboxylic acid groups (broad SMARTS) is 1. The van der Waals surface area contributed by atoms with Crippen LogP contribution in [0.15, 0.2) is 111 Å². The summed E-state index contributed by atoms with van der Waals surface area (Å²) < 4.78 is 6.81. The second-order valence-electron chi connectivity index (χ2n) is 8.44. The number of rotatable bonds is 9. The van der Waals surface area contributed by atoms with E-state index in [4.69, 9.17) is 9.84 Å². The second-order valence-corrected chi connectivity index (χ2v) is 10.9. The predicted molar refractivity (Wildman–Crippen MR) is 158 cm³/mol. The van der Waals surface area contributed by atoms with Gasteiger partial charge in [0.2, 0.25) is 0 Å². The van der Waals surface area contributed by atoms with Gasteiger partial charge in [0.1, 0.15) is 12.4 Å². The minimum atomic E-state index is -0.858. The number of thiophene rings is 2. The van der Waals surface area contributed by atoms with E-state index in [0.29, 0.717) is 12.4 Å². The largest absolute Gasteiger partial charge is 0.488 e. The smallest absolute Gasteiger partial charge is 0.307 e. The lowest BCUT2D eigenvalue weighted by Gasteiger charge is -2.12. The van der Waals surface area contributed by atoms with Gasteiger partial charge in [0, 0.05) is 0 Å². The third kappa shape index (κ3) is 6.28. The van der Waals surface area contributed by atoms with E-state index in [0.717, 1.165) is 26.7 Å². The third-order valence-corrected chi connectivity index (χ3v) is 7.96. The minimum Gasteiger partial charge on any atom is -0.488 e. The van der Waals surface area contributed by atoms with Crippen molar-refractivity contribution in [2.75, 3.05) is 6.61 Å². The van der Waals surface area contributed by atoms with E-state index >= 15 is 0 Å². The van der Waals surface area contributed by atoms with Crippen LogP contribution in [0.1, 0.15) is 16.7 Å². The summed E-state index contributed by atoms with van der Waals surface area (Å²) in [6.07, 6.45) is 2.07. The average molecular weight is 588 g/mol. The van der Waals surface area contributed by atoms with E-state index in [1.807, 2.05) is 0 Å². The Morgan fingerprint density at radius 2 is 1.35 bits per heavy atom. The molecule has 0 atom stereocenters. The molecule has 184 valence electrons. The fourth-order valence-corrected chi connectivity index (χ4v) is 5.98. The van der Waals surface area contributed by atoms with E-state index in [-0.39, 0.29) is 6.42 Å². The number of carbonyl (C=O) groups is 1. The van der Waals surface area contributed by atoms with Crippen LogP contribution in [-0.4, -0.2) is 17.7 Å². The normalized spacial score (nSPS) is 10.7. The van der Waals surface area contributed by atoms with Crippen LogP contribution >= 0.6 is 38.6 Å². The van der Waals surface area contributed by atoms with Gasteiger partial charge in [-0.15, -0.1) is 0 Å². The molecule has 0 amide bonds. The summed E-state index contributed by atoms with van der Waals surface area (Å²) in [6, 6.07) is 26.9.